The minimum Gasteiger partial charge on any atom is -0.496 e. The van der Waals surface area contributed by atoms with E-state index in [2.05, 4.69) is 5.32 Å². The molecule has 0 atom stereocenters. The Morgan fingerprint density at radius 1 is 1.43 bits per heavy atom. The highest BCUT2D eigenvalue weighted by molar-refractivity contribution is 6.33. The number of amides is 2. The zero-order chi connectivity index (χ0) is 16.2. The molecule has 1 aromatic carbocycles. The van der Waals surface area contributed by atoms with Gasteiger partial charge in [-0.25, -0.2) is 0 Å². The number of ether oxygens (including phenoxy) is 1. The van der Waals surface area contributed by atoms with Gasteiger partial charge < -0.3 is 20.7 Å². The number of hydrogen-bond acceptors (Lipinski definition) is 4. The van der Waals surface area contributed by atoms with E-state index in [0.717, 1.165) is 0 Å². The first kappa shape index (κ1) is 17.1. The van der Waals surface area contributed by atoms with Crippen LogP contribution in [0.15, 0.2) is 12.1 Å². The zero-order valence-corrected chi connectivity index (χ0v) is 13.3. The van der Waals surface area contributed by atoms with Crippen LogP contribution in [0.4, 0.5) is 5.69 Å². The summed E-state index contributed by atoms with van der Waals surface area (Å²) in [5, 5.41) is 2.98. The third-order valence-electron chi connectivity index (χ3n) is 2.73. The molecule has 7 heteroatoms. The van der Waals surface area contributed by atoms with Gasteiger partial charge in [0.2, 0.25) is 5.91 Å². The molecule has 0 unspecified atom stereocenters. The molecule has 3 N–H and O–H groups in total. The van der Waals surface area contributed by atoms with Crippen LogP contribution in [0.2, 0.25) is 5.02 Å². The fourth-order valence-electron chi connectivity index (χ4n) is 1.77. The molecule has 2 amide bonds. The maximum atomic E-state index is 12.4. The molecule has 1 aromatic rings. The van der Waals surface area contributed by atoms with E-state index >= 15 is 0 Å². The Hall–Kier alpha value is -1.95. The maximum absolute atomic E-state index is 12.4. The highest BCUT2D eigenvalue weighted by Gasteiger charge is 2.20. The number of nitrogens with zero attached hydrogens (tertiary/aromatic N) is 1. The first-order valence-corrected chi connectivity index (χ1v) is 6.81. The smallest absolute Gasteiger partial charge is 0.257 e. The number of likely N-dealkylation sites (N-methyl/N-ethyl adjacent to an activating group) is 1. The molecular weight excluding hydrogens is 294 g/mol. The molecule has 0 fully saturated rings. The Balaban J connectivity index is 2.92. The largest absolute Gasteiger partial charge is 0.496 e. The van der Waals surface area contributed by atoms with Gasteiger partial charge in [-0.3, -0.25) is 9.59 Å². The summed E-state index contributed by atoms with van der Waals surface area (Å²) in [6.07, 6.45) is 0. The summed E-state index contributed by atoms with van der Waals surface area (Å²) in [4.78, 5) is 25.4. The number of anilines is 1. The van der Waals surface area contributed by atoms with Crippen LogP contribution in [-0.4, -0.2) is 43.5 Å². The van der Waals surface area contributed by atoms with E-state index in [1.165, 1.54) is 31.2 Å². The third-order valence-corrected chi connectivity index (χ3v) is 3.05. The SMILES string of the molecule is COc1cc(N)c(Cl)cc1C(=O)N(C)CC(=O)NC(C)C. The van der Waals surface area contributed by atoms with Crippen LogP contribution in [0, 0.1) is 0 Å². The fourth-order valence-corrected chi connectivity index (χ4v) is 1.93. The van der Waals surface area contributed by atoms with Gasteiger partial charge in [0.1, 0.15) is 5.75 Å². The predicted octanol–water partition coefficient (Wildman–Crippen LogP) is 1.53. The van der Waals surface area contributed by atoms with Crippen LogP contribution in [0.3, 0.4) is 0 Å². The van der Waals surface area contributed by atoms with Crippen LogP contribution in [0.25, 0.3) is 0 Å². The lowest BCUT2D eigenvalue weighted by atomic mass is 10.1. The normalized spacial score (nSPS) is 10.4. The van der Waals surface area contributed by atoms with E-state index in [-0.39, 0.29) is 35.0 Å². The fraction of sp³-hybridized carbons (Fsp3) is 0.429. The van der Waals surface area contributed by atoms with E-state index in [4.69, 9.17) is 22.1 Å². The van der Waals surface area contributed by atoms with Crippen LogP contribution in [0.1, 0.15) is 24.2 Å². The van der Waals surface area contributed by atoms with Crippen LogP contribution < -0.4 is 15.8 Å². The van der Waals surface area contributed by atoms with Crippen molar-refractivity contribution in [2.24, 2.45) is 0 Å². The highest BCUT2D eigenvalue weighted by Crippen LogP contribution is 2.29. The van der Waals surface area contributed by atoms with Crippen molar-refractivity contribution in [2.75, 3.05) is 26.4 Å². The summed E-state index contributed by atoms with van der Waals surface area (Å²) >= 11 is 5.94. The van der Waals surface area contributed by atoms with Gasteiger partial charge in [0.15, 0.2) is 0 Å². The van der Waals surface area contributed by atoms with Gasteiger partial charge in [0.25, 0.3) is 5.91 Å². The number of benzene rings is 1. The number of methoxy groups -OCH3 is 1. The molecule has 0 heterocycles. The summed E-state index contributed by atoms with van der Waals surface area (Å²) < 4.78 is 5.14. The van der Waals surface area contributed by atoms with E-state index in [0.29, 0.717) is 11.4 Å². The summed E-state index contributed by atoms with van der Waals surface area (Å²) in [5.41, 5.74) is 6.26. The van der Waals surface area contributed by atoms with E-state index in [1.807, 2.05) is 13.8 Å². The van der Waals surface area contributed by atoms with Gasteiger partial charge in [-0.15, -0.1) is 0 Å². The lowest BCUT2D eigenvalue weighted by Gasteiger charge is -2.19. The molecule has 0 aliphatic heterocycles. The van der Waals surface area contributed by atoms with E-state index in [9.17, 15) is 9.59 Å². The summed E-state index contributed by atoms with van der Waals surface area (Å²) in [5.74, 6) is -0.285. The molecule has 0 spiro atoms. The van der Waals surface area contributed by atoms with Crippen LogP contribution in [-0.2, 0) is 4.79 Å². The third kappa shape index (κ3) is 4.53. The quantitative estimate of drug-likeness (QED) is 0.807. The second-order valence-corrected chi connectivity index (χ2v) is 5.36. The molecule has 0 aliphatic rings. The Labute approximate surface area is 129 Å². The Morgan fingerprint density at radius 3 is 2.57 bits per heavy atom. The Morgan fingerprint density at radius 2 is 2.05 bits per heavy atom. The van der Waals surface area contributed by atoms with E-state index < -0.39 is 0 Å². The van der Waals surface area contributed by atoms with Gasteiger partial charge in [0, 0.05) is 19.2 Å². The Bertz CT molecular complexity index is 547. The van der Waals surface area contributed by atoms with Crippen molar-refractivity contribution in [3.8, 4) is 5.75 Å². The van der Waals surface area contributed by atoms with Crippen molar-refractivity contribution in [2.45, 2.75) is 19.9 Å². The monoisotopic (exact) mass is 313 g/mol. The number of nitrogens with one attached hydrogen (secondary N) is 1. The number of carbonyl (C=O) groups is 2. The maximum Gasteiger partial charge on any atom is 0.257 e. The second-order valence-electron chi connectivity index (χ2n) is 4.96. The lowest BCUT2D eigenvalue weighted by molar-refractivity contribution is -0.122. The van der Waals surface area contributed by atoms with Crippen molar-refractivity contribution in [1.29, 1.82) is 0 Å². The number of carbonyl (C=O) groups excluding carboxylic acids is 2. The molecule has 0 bridgehead atoms. The molecule has 0 aromatic heterocycles. The average Bonchev–Trinajstić information content (AvgIpc) is 2.39. The summed E-state index contributed by atoms with van der Waals surface area (Å²) in [6, 6.07) is 2.94. The predicted molar refractivity (Wildman–Crippen MR) is 82.7 cm³/mol. The molecule has 21 heavy (non-hydrogen) atoms. The molecule has 6 nitrogen and oxygen atoms in total. The molecule has 116 valence electrons. The molecule has 0 radical (unpaired) electrons. The van der Waals surface area contributed by atoms with Gasteiger partial charge in [-0.05, 0) is 19.9 Å². The average molecular weight is 314 g/mol. The topological polar surface area (TPSA) is 84.7 Å². The van der Waals surface area contributed by atoms with Gasteiger partial charge in [-0.2, -0.15) is 0 Å². The van der Waals surface area contributed by atoms with Gasteiger partial charge in [0.05, 0.1) is 29.9 Å². The van der Waals surface area contributed by atoms with Crippen molar-refractivity contribution in [1.82, 2.24) is 10.2 Å². The van der Waals surface area contributed by atoms with Crippen molar-refractivity contribution < 1.29 is 14.3 Å². The molecule has 0 saturated heterocycles. The zero-order valence-electron chi connectivity index (χ0n) is 12.6. The number of hydrogen-bond donors (Lipinski definition) is 2. The first-order chi connectivity index (χ1) is 9.76. The minimum atomic E-state index is -0.368. The van der Waals surface area contributed by atoms with Crippen LogP contribution in [0.5, 0.6) is 5.75 Å². The number of halogens is 1. The van der Waals surface area contributed by atoms with Crippen molar-refractivity contribution in [3.05, 3.63) is 22.7 Å². The van der Waals surface area contributed by atoms with Crippen molar-refractivity contribution in [3.63, 3.8) is 0 Å². The summed E-state index contributed by atoms with van der Waals surface area (Å²) in [7, 11) is 2.97. The first-order valence-electron chi connectivity index (χ1n) is 6.44. The van der Waals surface area contributed by atoms with Gasteiger partial charge in [-0.1, -0.05) is 11.6 Å². The second kappa shape index (κ2) is 7.17. The minimum absolute atomic E-state index is 0.0153. The molecule has 1 rings (SSSR count). The van der Waals surface area contributed by atoms with Crippen LogP contribution >= 0.6 is 11.6 Å². The molecule has 0 saturated carbocycles. The molecule has 0 aliphatic carbocycles. The Kier molecular flexibility index (Phi) is 5.84. The lowest BCUT2D eigenvalue weighted by Crippen LogP contribution is -2.40. The highest BCUT2D eigenvalue weighted by atomic mass is 35.5. The van der Waals surface area contributed by atoms with E-state index in [1.54, 1.807) is 0 Å². The molecular formula is C14H20ClN3O3. The number of nitrogen functional groups attached to an aromatic ring is 1. The number of rotatable bonds is 5. The van der Waals surface area contributed by atoms with Gasteiger partial charge >= 0.3 is 0 Å². The summed E-state index contributed by atoms with van der Waals surface area (Å²) in [6.45, 7) is 3.65. The standard InChI is InChI=1S/C14H20ClN3O3/c1-8(2)17-13(19)7-18(3)14(20)9-5-10(15)11(16)6-12(9)21-4/h5-6,8H,7,16H2,1-4H3,(H,17,19). The number of nitrogens with two attached hydrogens (primary N) is 1. The van der Waals surface area contributed by atoms with Crippen molar-refractivity contribution >= 4 is 29.1 Å².